The summed E-state index contributed by atoms with van der Waals surface area (Å²) in [5, 5.41) is 0. The summed E-state index contributed by atoms with van der Waals surface area (Å²) < 4.78 is 1.04. The van der Waals surface area contributed by atoms with E-state index in [2.05, 4.69) is 25.9 Å². The van der Waals surface area contributed by atoms with Gasteiger partial charge < -0.3 is 0 Å². The van der Waals surface area contributed by atoms with Crippen LogP contribution in [0, 0.1) is 6.92 Å². The molecule has 0 aliphatic carbocycles. The molecule has 1 heterocycles. The molecule has 0 saturated heterocycles. The van der Waals surface area contributed by atoms with Gasteiger partial charge in [0.15, 0.2) is 0 Å². The highest BCUT2D eigenvalue weighted by Gasteiger charge is 1.96. The highest BCUT2D eigenvalue weighted by atomic mass is 79.9. The molecule has 0 radical (unpaired) electrons. The van der Waals surface area contributed by atoms with Crippen LogP contribution in [-0.4, -0.2) is 9.97 Å². The largest absolute Gasteiger partial charge is 0.253 e. The number of benzene rings is 1. The maximum atomic E-state index is 4.34. The Morgan fingerprint density at radius 2 is 2.08 bits per heavy atom. The molecule has 0 fully saturated rings. The Bertz CT molecular complexity index is 389. The van der Waals surface area contributed by atoms with Crippen LogP contribution in [-0.2, 0) is 0 Å². The highest BCUT2D eigenvalue weighted by molar-refractivity contribution is 9.10. The number of hydrogen-bond donors (Lipinski definition) is 0. The fraction of sp³-hybridized carbons (Fsp3) is 0.111. The average Bonchev–Trinajstić information content (AvgIpc) is 2.03. The fourth-order valence-electron chi connectivity index (χ4n) is 1.08. The zero-order chi connectivity index (χ0) is 8.55. The van der Waals surface area contributed by atoms with Gasteiger partial charge in [-0.15, -0.1) is 0 Å². The standard InChI is InChI=1S/C9H7BrN2/c1-6-5-11-8-3-2-7(10)4-9(8)12-6/h2-5H,1H3. The lowest BCUT2D eigenvalue weighted by molar-refractivity contribution is 1.18. The second-order valence-corrected chi connectivity index (χ2v) is 3.56. The van der Waals surface area contributed by atoms with Crippen LogP contribution in [0.25, 0.3) is 11.0 Å². The van der Waals surface area contributed by atoms with Crippen LogP contribution in [0.15, 0.2) is 28.9 Å². The van der Waals surface area contributed by atoms with Gasteiger partial charge in [0.1, 0.15) is 0 Å². The second-order valence-electron chi connectivity index (χ2n) is 2.64. The quantitative estimate of drug-likeness (QED) is 0.686. The Kier molecular flexibility index (Phi) is 1.81. The smallest absolute Gasteiger partial charge is 0.0901 e. The summed E-state index contributed by atoms with van der Waals surface area (Å²) in [6.07, 6.45) is 1.77. The summed E-state index contributed by atoms with van der Waals surface area (Å²) in [5.74, 6) is 0. The monoisotopic (exact) mass is 222 g/mol. The number of aromatic nitrogens is 2. The van der Waals surface area contributed by atoms with Gasteiger partial charge in [0.05, 0.1) is 16.7 Å². The van der Waals surface area contributed by atoms with Crippen molar-refractivity contribution >= 4 is 27.0 Å². The minimum atomic E-state index is 0.934. The van der Waals surface area contributed by atoms with Gasteiger partial charge >= 0.3 is 0 Å². The number of nitrogens with zero attached hydrogens (tertiary/aromatic N) is 2. The van der Waals surface area contributed by atoms with E-state index in [0.717, 1.165) is 21.2 Å². The molecule has 3 heteroatoms. The highest BCUT2D eigenvalue weighted by Crippen LogP contribution is 2.15. The van der Waals surface area contributed by atoms with Gasteiger partial charge in [0.2, 0.25) is 0 Å². The van der Waals surface area contributed by atoms with Crippen molar-refractivity contribution in [1.82, 2.24) is 9.97 Å². The molecule has 2 nitrogen and oxygen atoms in total. The van der Waals surface area contributed by atoms with E-state index in [1.54, 1.807) is 6.20 Å². The SMILES string of the molecule is Cc1cnc2ccc(Br)cc2n1. The van der Waals surface area contributed by atoms with E-state index in [-0.39, 0.29) is 0 Å². The van der Waals surface area contributed by atoms with E-state index in [4.69, 9.17) is 0 Å². The maximum Gasteiger partial charge on any atom is 0.0901 e. The summed E-state index contributed by atoms with van der Waals surface area (Å²) in [5.41, 5.74) is 2.81. The molecule has 0 N–H and O–H groups in total. The number of fused-ring (bicyclic) bond motifs is 1. The van der Waals surface area contributed by atoms with Crippen LogP contribution in [0.3, 0.4) is 0 Å². The van der Waals surface area contributed by atoms with Crippen molar-refractivity contribution in [3.63, 3.8) is 0 Å². The second kappa shape index (κ2) is 2.83. The van der Waals surface area contributed by atoms with E-state index < -0.39 is 0 Å². The number of hydrogen-bond acceptors (Lipinski definition) is 2. The van der Waals surface area contributed by atoms with Crippen LogP contribution in [0.5, 0.6) is 0 Å². The number of halogens is 1. The first-order valence-electron chi connectivity index (χ1n) is 3.64. The minimum Gasteiger partial charge on any atom is -0.253 e. The molecule has 12 heavy (non-hydrogen) atoms. The molecule has 1 aromatic carbocycles. The zero-order valence-corrected chi connectivity index (χ0v) is 8.17. The third-order valence-electron chi connectivity index (χ3n) is 1.62. The van der Waals surface area contributed by atoms with Crippen molar-refractivity contribution in [2.24, 2.45) is 0 Å². The maximum absolute atomic E-state index is 4.34. The predicted octanol–water partition coefficient (Wildman–Crippen LogP) is 2.70. The molecular weight excluding hydrogens is 216 g/mol. The normalized spacial score (nSPS) is 10.5. The van der Waals surface area contributed by atoms with E-state index in [0.29, 0.717) is 0 Å². The average molecular weight is 223 g/mol. The molecule has 60 valence electrons. The first-order valence-corrected chi connectivity index (χ1v) is 4.44. The molecule has 0 atom stereocenters. The van der Waals surface area contributed by atoms with Crippen LogP contribution >= 0.6 is 15.9 Å². The van der Waals surface area contributed by atoms with Gasteiger partial charge in [-0.1, -0.05) is 15.9 Å². The first-order chi connectivity index (χ1) is 5.75. The van der Waals surface area contributed by atoms with E-state index in [1.807, 2.05) is 25.1 Å². The molecule has 2 aromatic rings. The van der Waals surface area contributed by atoms with Crippen molar-refractivity contribution in [2.75, 3.05) is 0 Å². The molecule has 0 unspecified atom stereocenters. The van der Waals surface area contributed by atoms with Crippen molar-refractivity contribution in [1.29, 1.82) is 0 Å². The first kappa shape index (κ1) is 7.68. The molecule has 0 spiro atoms. The molecule has 2 rings (SSSR count). The Labute approximate surface area is 78.8 Å². The lowest BCUT2D eigenvalue weighted by Gasteiger charge is -1.97. The van der Waals surface area contributed by atoms with Crippen molar-refractivity contribution < 1.29 is 0 Å². The van der Waals surface area contributed by atoms with E-state index in [9.17, 15) is 0 Å². The van der Waals surface area contributed by atoms with Crippen LogP contribution in [0.1, 0.15) is 5.69 Å². The van der Waals surface area contributed by atoms with E-state index in [1.165, 1.54) is 0 Å². The van der Waals surface area contributed by atoms with Gasteiger partial charge in [-0.05, 0) is 25.1 Å². The molecule has 0 amide bonds. The van der Waals surface area contributed by atoms with E-state index >= 15 is 0 Å². The molecule has 1 aromatic heterocycles. The third kappa shape index (κ3) is 1.32. The van der Waals surface area contributed by atoms with Crippen molar-refractivity contribution in [3.05, 3.63) is 34.6 Å². The van der Waals surface area contributed by atoms with Gasteiger partial charge in [-0.2, -0.15) is 0 Å². The molecular formula is C9H7BrN2. The predicted molar refractivity (Wildman–Crippen MR) is 52.0 cm³/mol. The van der Waals surface area contributed by atoms with Gasteiger partial charge in [0, 0.05) is 10.7 Å². The summed E-state index contributed by atoms with van der Waals surface area (Å²) in [7, 11) is 0. The summed E-state index contributed by atoms with van der Waals surface area (Å²) in [4.78, 5) is 8.58. The number of aryl methyl sites for hydroxylation is 1. The topological polar surface area (TPSA) is 25.8 Å². The van der Waals surface area contributed by atoms with Gasteiger partial charge in [-0.25, -0.2) is 4.98 Å². The summed E-state index contributed by atoms with van der Waals surface area (Å²) >= 11 is 3.39. The summed E-state index contributed by atoms with van der Waals surface area (Å²) in [6.45, 7) is 1.94. The zero-order valence-electron chi connectivity index (χ0n) is 6.58. The molecule has 0 saturated carbocycles. The Balaban J connectivity index is 2.80. The fourth-order valence-corrected chi connectivity index (χ4v) is 1.43. The molecule has 0 aliphatic rings. The van der Waals surface area contributed by atoms with Crippen LogP contribution < -0.4 is 0 Å². The Hall–Kier alpha value is -0.960. The minimum absolute atomic E-state index is 0.934. The van der Waals surface area contributed by atoms with Gasteiger partial charge in [0.25, 0.3) is 0 Å². The Morgan fingerprint density at radius 3 is 2.92 bits per heavy atom. The Morgan fingerprint density at radius 1 is 1.25 bits per heavy atom. The lowest BCUT2D eigenvalue weighted by atomic mass is 10.3. The summed E-state index contributed by atoms with van der Waals surface area (Å²) in [6, 6.07) is 5.88. The third-order valence-corrected chi connectivity index (χ3v) is 2.12. The number of rotatable bonds is 0. The van der Waals surface area contributed by atoms with Crippen LogP contribution in [0.2, 0.25) is 0 Å². The van der Waals surface area contributed by atoms with Crippen molar-refractivity contribution in [2.45, 2.75) is 6.92 Å². The van der Waals surface area contributed by atoms with Gasteiger partial charge in [-0.3, -0.25) is 4.98 Å². The molecule has 0 aliphatic heterocycles. The van der Waals surface area contributed by atoms with Crippen LogP contribution in [0.4, 0.5) is 0 Å². The molecule has 0 bridgehead atoms. The lowest BCUT2D eigenvalue weighted by Crippen LogP contribution is -1.86. The van der Waals surface area contributed by atoms with Crippen molar-refractivity contribution in [3.8, 4) is 0 Å².